The molecule has 0 aliphatic carbocycles. The number of aliphatic hydroxyl groups is 1. The lowest BCUT2D eigenvalue weighted by Crippen LogP contribution is -2.22. The third kappa shape index (κ3) is 6.01. The van der Waals surface area contributed by atoms with Gasteiger partial charge in [0.05, 0.1) is 12.7 Å². The Hall–Kier alpha value is -1.63. The molecule has 1 atom stereocenters. The smallest absolute Gasteiger partial charge is 0.323 e. The second-order valence-corrected chi connectivity index (χ2v) is 5.03. The monoisotopic (exact) mass is 283 g/mol. The summed E-state index contributed by atoms with van der Waals surface area (Å²) in [6.45, 7) is 7.12. The van der Waals surface area contributed by atoms with Gasteiger partial charge in [0, 0.05) is 13.6 Å². The summed E-state index contributed by atoms with van der Waals surface area (Å²) in [6.07, 6.45) is 1.19. The summed E-state index contributed by atoms with van der Waals surface area (Å²) < 4.78 is 5.40. The topological polar surface area (TPSA) is 92.2 Å². The van der Waals surface area contributed by atoms with Crippen LogP contribution in [0.25, 0.3) is 0 Å². The van der Waals surface area contributed by atoms with Gasteiger partial charge in [0.25, 0.3) is 0 Å². The standard InChI is InChI=1S/C13H25N5O2/c1-5-6-20-13-17-11(14-4)16-12(18-13)15-8-10(19)7-9(2)3/h9-10,19H,5-8H2,1-4H3,(H2,14,15,16,17,18). The number of aromatic nitrogens is 3. The van der Waals surface area contributed by atoms with E-state index in [9.17, 15) is 5.11 Å². The predicted octanol–water partition coefficient (Wildman–Crippen LogP) is 1.52. The summed E-state index contributed by atoms with van der Waals surface area (Å²) in [6, 6.07) is 0.284. The Morgan fingerprint density at radius 3 is 2.50 bits per heavy atom. The zero-order valence-corrected chi connectivity index (χ0v) is 12.7. The van der Waals surface area contributed by atoms with Crippen LogP contribution >= 0.6 is 0 Å². The average Bonchev–Trinajstić information content (AvgIpc) is 2.42. The quantitative estimate of drug-likeness (QED) is 0.632. The second kappa shape index (κ2) is 8.52. The number of hydrogen-bond acceptors (Lipinski definition) is 7. The largest absolute Gasteiger partial charge is 0.463 e. The van der Waals surface area contributed by atoms with Gasteiger partial charge in [0.1, 0.15) is 0 Å². The minimum Gasteiger partial charge on any atom is -0.463 e. The van der Waals surface area contributed by atoms with Crippen LogP contribution in [0.4, 0.5) is 11.9 Å². The first kappa shape index (κ1) is 16.4. The van der Waals surface area contributed by atoms with Gasteiger partial charge in [-0.15, -0.1) is 0 Å². The lowest BCUT2D eigenvalue weighted by molar-refractivity contribution is 0.161. The average molecular weight is 283 g/mol. The molecular formula is C13H25N5O2. The molecule has 1 unspecified atom stereocenters. The third-order valence-corrected chi connectivity index (χ3v) is 2.51. The molecule has 1 rings (SSSR count). The van der Waals surface area contributed by atoms with Crippen molar-refractivity contribution in [1.29, 1.82) is 0 Å². The van der Waals surface area contributed by atoms with E-state index in [2.05, 4.69) is 39.4 Å². The van der Waals surface area contributed by atoms with E-state index in [1.807, 2.05) is 6.92 Å². The first-order chi connectivity index (χ1) is 9.55. The molecule has 1 aromatic heterocycles. The van der Waals surface area contributed by atoms with E-state index in [-0.39, 0.29) is 6.01 Å². The molecule has 0 bridgehead atoms. The SMILES string of the molecule is CCCOc1nc(NC)nc(NCC(O)CC(C)C)n1. The van der Waals surface area contributed by atoms with E-state index in [1.54, 1.807) is 7.05 Å². The molecular weight excluding hydrogens is 258 g/mol. The molecule has 1 heterocycles. The molecule has 7 nitrogen and oxygen atoms in total. The first-order valence-corrected chi connectivity index (χ1v) is 7.03. The van der Waals surface area contributed by atoms with Crippen molar-refractivity contribution in [3.63, 3.8) is 0 Å². The van der Waals surface area contributed by atoms with Crippen molar-refractivity contribution < 1.29 is 9.84 Å². The zero-order valence-electron chi connectivity index (χ0n) is 12.7. The van der Waals surface area contributed by atoms with Gasteiger partial charge in [-0.25, -0.2) is 0 Å². The Bertz CT molecular complexity index is 400. The molecule has 7 heteroatoms. The molecule has 20 heavy (non-hydrogen) atoms. The van der Waals surface area contributed by atoms with Gasteiger partial charge in [0.2, 0.25) is 11.9 Å². The molecule has 3 N–H and O–H groups in total. The van der Waals surface area contributed by atoms with Crippen LogP contribution in [0, 0.1) is 5.92 Å². The van der Waals surface area contributed by atoms with E-state index in [4.69, 9.17) is 4.74 Å². The van der Waals surface area contributed by atoms with Crippen molar-refractivity contribution in [3.05, 3.63) is 0 Å². The summed E-state index contributed by atoms with van der Waals surface area (Å²) in [5.41, 5.74) is 0. The predicted molar refractivity (Wildman–Crippen MR) is 79.1 cm³/mol. The normalized spacial score (nSPS) is 12.3. The van der Waals surface area contributed by atoms with E-state index in [0.29, 0.717) is 31.0 Å². The Labute approximate surface area is 120 Å². The van der Waals surface area contributed by atoms with Gasteiger partial charge in [-0.05, 0) is 18.8 Å². The van der Waals surface area contributed by atoms with Crippen molar-refractivity contribution >= 4 is 11.9 Å². The number of aliphatic hydroxyl groups excluding tert-OH is 1. The van der Waals surface area contributed by atoms with Crippen LogP contribution in [-0.2, 0) is 0 Å². The van der Waals surface area contributed by atoms with Crippen molar-refractivity contribution in [1.82, 2.24) is 15.0 Å². The van der Waals surface area contributed by atoms with Crippen LogP contribution in [0.3, 0.4) is 0 Å². The summed E-state index contributed by atoms with van der Waals surface area (Å²) in [5, 5.41) is 15.7. The fourth-order valence-electron chi connectivity index (χ4n) is 1.64. The maximum Gasteiger partial charge on any atom is 0.323 e. The van der Waals surface area contributed by atoms with E-state index >= 15 is 0 Å². The highest BCUT2D eigenvalue weighted by Gasteiger charge is 2.10. The maximum atomic E-state index is 9.84. The van der Waals surface area contributed by atoms with Gasteiger partial charge < -0.3 is 20.5 Å². The molecule has 114 valence electrons. The van der Waals surface area contributed by atoms with Crippen molar-refractivity contribution in [2.45, 2.75) is 39.7 Å². The maximum absolute atomic E-state index is 9.84. The number of nitrogens with zero attached hydrogens (tertiary/aromatic N) is 3. The Kier molecular flexibility index (Phi) is 7.00. The first-order valence-electron chi connectivity index (χ1n) is 7.03. The molecule has 0 amide bonds. The fraction of sp³-hybridized carbons (Fsp3) is 0.769. The van der Waals surface area contributed by atoms with Crippen LogP contribution in [0.5, 0.6) is 6.01 Å². The van der Waals surface area contributed by atoms with Crippen LogP contribution < -0.4 is 15.4 Å². The molecule has 0 saturated heterocycles. The highest BCUT2D eigenvalue weighted by Crippen LogP contribution is 2.12. The van der Waals surface area contributed by atoms with Gasteiger partial charge in [-0.2, -0.15) is 15.0 Å². The molecule has 0 fully saturated rings. The molecule has 1 aromatic rings. The Morgan fingerprint density at radius 1 is 1.20 bits per heavy atom. The van der Waals surface area contributed by atoms with Crippen LogP contribution in [0.2, 0.25) is 0 Å². The molecule has 0 saturated carbocycles. The molecule has 0 aliphatic heterocycles. The summed E-state index contributed by atoms with van der Waals surface area (Å²) in [4.78, 5) is 12.4. The minimum absolute atomic E-state index is 0.284. The van der Waals surface area contributed by atoms with Crippen LogP contribution in [0.15, 0.2) is 0 Å². The second-order valence-electron chi connectivity index (χ2n) is 5.03. The lowest BCUT2D eigenvalue weighted by atomic mass is 10.1. The lowest BCUT2D eigenvalue weighted by Gasteiger charge is -2.14. The highest BCUT2D eigenvalue weighted by molar-refractivity contribution is 5.35. The molecule has 0 aromatic carbocycles. The highest BCUT2D eigenvalue weighted by atomic mass is 16.5. The minimum atomic E-state index is -0.426. The van der Waals surface area contributed by atoms with Crippen molar-refractivity contribution in [3.8, 4) is 6.01 Å². The Morgan fingerprint density at radius 2 is 1.90 bits per heavy atom. The van der Waals surface area contributed by atoms with Crippen LogP contribution in [-0.4, -0.2) is 46.4 Å². The van der Waals surface area contributed by atoms with Gasteiger partial charge in [0.15, 0.2) is 0 Å². The number of nitrogens with one attached hydrogen (secondary N) is 2. The fourth-order valence-corrected chi connectivity index (χ4v) is 1.64. The Balaban J connectivity index is 2.63. The number of rotatable bonds is 9. The third-order valence-electron chi connectivity index (χ3n) is 2.51. The zero-order chi connectivity index (χ0) is 15.0. The summed E-state index contributed by atoms with van der Waals surface area (Å²) in [7, 11) is 1.73. The van der Waals surface area contributed by atoms with Gasteiger partial charge in [-0.1, -0.05) is 20.8 Å². The van der Waals surface area contributed by atoms with Gasteiger partial charge >= 0.3 is 6.01 Å². The van der Waals surface area contributed by atoms with Crippen LogP contribution in [0.1, 0.15) is 33.6 Å². The number of hydrogen-bond donors (Lipinski definition) is 3. The number of anilines is 2. The van der Waals surface area contributed by atoms with E-state index in [1.165, 1.54) is 0 Å². The molecule has 0 radical (unpaired) electrons. The van der Waals surface area contributed by atoms with E-state index < -0.39 is 6.10 Å². The molecule has 0 spiro atoms. The summed E-state index contributed by atoms with van der Waals surface area (Å²) >= 11 is 0. The molecule has 0 aliphatic rings. The van der Waals surface area contributed by atoms with E-state index in [0.717, 1.165) is 12.8 Å². The summed E-state index contributed by atoms with van der Waals surface area (Å²) in [5.74, 6) is 1.28. The van der Waals surface area contributed by atoms with Gasteiger partial charge in [-0.3, -0.25) is 0 Å². The van der Waals surface area contributed by atoms with Crippen molar-refractivity contribution in [2.24, 2.45) is 5.92 Å². The number of ether oxygens (including phenoxy) is 1. The van der Waals surface area contributed by atoms with Crippen molar-refractivity contribution in [2.75, 3.05) is 30.8 Å².